The summed E-state index contributed by atoms with van der Waals surface area (Å²) in [4.78, 5) is 10.8. The molecule has 0 radical (unpaired) electrons. The predicted octanol–water partition coefficient (Wildman–Crippen LogP) is 1.79. The molecule has 0 N–H and O–H groups in total. The van der Waals surface area contributed by atoms with Gasteiger partial charge in [0.25, 0.3) is 0 Å². The van der Waals surface area contributed by atoms with Crippen LogP contribution in [-0.2, 0) is 16.0 Å². The molecule has 0 aromatic heterocycles. The number of rotatable bonds is 3. The zero-order chi connectivity index (χ0) is 9.10. The van der Waals surface area contributed by atoms with Crippen LogP contribution in [0, 0.1) is 5.92 Å². The predicted molar refractivity (Wildman–Crippen MR) is 49.2 cm³/mol. The van der Waals surface area contributed by atoms with Gasteiger partial charge in [-0.25, -0.2) is 0 Å². The minimum Gasteiger partial charge on any atom is -0.464 e. The maximum Gasteiger partial charge on any atom is 0.312 e. The fourth-order valence-electron chi connectivity index (χ4n) is 1.46. The quantitative estimate of drug-likeness (QED) is 0.656. The van der Waals surface area contributed by atoms with Gasteiger partial charge >= 0.3 is 5.97 Å². The molecule has 1 fully saturated rings. The van der Waals surface area contributed by atoms with E-state index < -0.39 is 0 Å². The SMILES string of the molecule is O=C1OC[C@H]1CCc1ccccc1. The van der Waals surface area contributed by atoms with Gasteiger partial charge in [0, 0.05) is 0 Å². The number of ether oxygens (including phenoxy) is 1. The summed E-state index contributed by atoms with van der Waals surface area (Å²) in [6, 6.07) is 10.2. The number of aryl methyl sites for hydroxylation is 1. The summed E-state index contributed by atoms with van der Waals surface area (Å²) < 4.78 is 4.69. The van der Waals surface area contributed by atoms with Crippen molar-refractivity contribution in [1.29, 1.82) is 0 Å². The maximum atomic E-state index is 10.8. The average Bonchev–Trinajstić information content (AvgIpc) is 2.17. The number of cyclic esters (lactones) is 1. The van der Waals surface area contributed by atoms with Gasteiger partial charge in [0.15, 0.2) is 0 Å². The molecule has 1 atom stereocenters. The lowest BCUT2D eigenvalue weighted by Crippen LogP contribution is -2.34. The number of carbonyl (C=O) groups excluding carboxylic acids is 1. The van der Waals surface area contributed by atoms with Gasteiger partial charge < -0.3 is 4.74 Å². The van der Waals surface area contributed by atoms with Crippen molar-refractivity contribution in [2.45, 2.75) is 12.8 Å². The van der Waals surface area contributed by atoms with Gasteiger partial charge in [-0.3, -0.25) is 4.79 Å². The van der Waals surface area contributed by atoms with Crippen LogP contribution in [0.4, 0.5) is 0 Å². The van der Waals surface area contributed by atoms with E-state index in [-0.39, 0.29) is 11.9 Å². The molecule has 1 saturated heterocycles. The molecule has 0 amide bonds. The highest BCUT2D eigenvalue weighted by molar-refractivity contribution is 5.77. The monoisotopic (exact) mass is 176 g/mol. The van der Waals surface area contributed by atoms with Crippen LogP contribution in [0.5, 0.6) is 0 Å². The largest absolute Gasteiger partial charge is 0.464 e. The summed E-state index contributed by atoms with van der Waals surface area (Å²) in [6.45, 7) is 0.617. The molecular weight excluding hydrogens is 164 g/mol. The van der Waals surface area contributed by atoms with Crippen molar-refractivity contribution in [2.24, 2.45) is 5.92 Å². The number of hydrogen-bond donors (Lipinski definition) is 0. The molecule has 1 aromatic carbocycles. The van der Waals surface area contributed by atoms with Crippen LogP contribution in [0.25, 0.3) is 0 Å². The van der Waals surface area contributed by atoms with Gasteiger partial charge in [0.05, 0.1) is 5.92 Å². The molecule has 1 aromatic rings. The van der Waals surface area contributed by atoms with Crippen LogP contribution < -0.4 is 0 Å². The number of esters is 1. The summed E-state index contributed by atoms with van der Waals surface area (Å²) in [5.74, 6) is 0.121. The molecule has 2 heteroatoms. The summed E-state index contributed by atoms with van der Waals surface area (Å²) in [5, 5.41) is 0. The Kier molecular flexibility index (Phi) is 2.30. The lowest BCUT2D eigenvalue weighted by molar-refractivity contribution is -0.168. The first-order chi connectivity index (χ1) is 6.36. The third-order valence-corrected chi connectivity index (χ3v) is 2.38. The van der Waals surface area contributed by atoms with Crippen molar-refractivity contribution in [2.75, 3.05) is 6.61 Å². The fraction of sp³-hybridized carbons (Fsp3) is 0.364. The van der Waals surface area contributed by atoms with Crippen molar-refractivity contribution >= 4 is 5.97 Å². The molecule has 13 heavy (non-hydrogen) atoms. The second kappa shape index (κ2) is 3.60. The molecule has 1 heterocycles. The van der Waals surface area contributed by atoms with Crippen molar-refractivity contribution < 1.29 is 9.53 Å². The Balaban J connectivity index is 1.83. The minimum absolute atomic E-state index is 0.0315. The highest BCUT2D eigenvalue weighted by atomic mass is 16.6. The first-order valence-electron chi connectivity index (χ1n) is 4.57. The van der Waals surface area contributed by atoms with Gasteiger partial charge in [-0.05, 0) is 18.4 Å². The van der Waals surface area contributed by atoms with Gasteiger partial charge in [-0.2, -0.15) is 0 Å². The molecular formula is C11H12O2. The Labute approximate surface area is 77.5 Å². The minimum atomic E-state index is -0.0315. The van der Waals surface area contributed by atoms with Gasteiger partial charge in [-0.15, -0.1) is 0 Å². The molecule has 0 bridgehead atoms. The summed E-state index contributed by atoms with van der Waals surface area (Å²) in [7, 11) is 0. The second-order valence-corrected chi connectivity index (χ2v) is 3.35. The first kappa shape index (κ1) is 8.30. The van der Waals surface area contributed by atoms with Crippen LogP contribution >= 0.6 is 0 Å². The lowest BCUT2D eigenvalue weighted by atomic mass is 9.97. The van der Waals surface area contributed by atoms with E-state index in [1.807, 2.05) is 18.2 Å². The van der Waals surface area contributed by atoms with Crippen molar-refractivity contribution in [3.05, 3.63) is 35.9 Å². The Morgan fingerprint density at radius 1 is 1.31 bits per heavy atom. The van der Waals surface area contributed by atoms with Gasteiger partial charge in [0.1, 0.15) is 6.61 Å². The van der Waals surface area contributed by atoms with Gasteiger partial charge in [-0.1, -0.05) is 30.3 Å². The molecule has 0 saturated carbocycles. The Morgan fingerprint density at radius 2 is 2.08 bits per heavy atom. The Hall–Kier alpha value is -1.31. The van der Waals surface area contributed by atoms with Crippen molar-refractivity contribution in [3.63, 3.8) is 0 Å². The van der Waals surface area contributed by atoms with E-state index in [1.165, 1.54) is 5.56 Å². The number of hydrogen-bond acceptors (Lipinski definition) is 2. The van der Waals surface area contributed by atoms with E-state index in [0.29, 0.717) is 6.61 Å². The molecule has 0 aliphatic carbocycles. The highest BCUT2D eigenvalue weighted by Crippen LogP contribution is 2.18. The van der Waals surface area contributed by atoms with E-state index in [2.05, 4.69) is 12.1 Å². The lowest BCUT2D eigenvalue weighted by Gasteiger charge is -2.24. The highest BCUT2D eigenvalue weighted by Gasteiger charge is 2.29. The summed E-state index contributed by atoms with van der Waals surface area (Å²) in [5.41, 5.74) is 1.29. The molecule has 1 aliphatic rings. The molecule has 68 valence electrons. The molecule has 0 spiro atoms. The van der Waals surface area contributed by atoms with Crippen LogP contribution in [0.3, 0.4) is 0 Å². The maximum absolute atomic E-state index is 10.8. The van der Waals surface area contributed by atoms with E-state index in [9.17, 15) is 4.79 Å². The topological polar surface area (TPSA) is 26.3 Å². The van der Waals surface area contributed by atoms with Crippen LogP contribution in [0.2, 0.25) is 0 Å². The van der Waals surface area contributed by atoms with Crippen LogP contribution in [0.15, 0.2) is 30.3 Å². The van der Waals surface area contributed by atoms with Gasteiger partial charge in [0.2, 0.25) is 0 Å². The molecule has 0 unspecified atom stereocenters. The molecule has 2 rings (SSSR count). The average molecular weight is 176 g/mol. The zero-order valence-corrected chi connectivity index (χ0v) is 7.40. The Bertz CT molecular complexity index is 292. The third kappa shape index (κ3) is 1.89. The van der Waals surface area contributed by atoms with Crippen LogP contribution in [-0.4, -0.2) is 12.6 Å². The van der Waals surface area contributed by atoms with Crippen molar-refractivity contribution in [1.82, 2.24) is 0 Å². The first-order valence-corrected chi connectivity index (χ1v) is 4.57. The van der Waals surface area contributed by atoms with E-state index in [1.54, 1.807) is 0 Å². The van der Waals surface area contributed by atoms with E-state index in [4.69, 9.17) is 4.74 Å². The molecule has 2 nitrogen and oxygen atoms in total. The Morgan fingerprint density at radius 3 is 2.62 bits per heavy atom. The number of carbonyl (C=O) groups is 1. The third-order valence-electron chi connectivity index (χ3n) is 2.38. The number of benzene rings is 1. The summed E-state index contributed by atoms with van der Waals surface area (Å²) >= 11 is 0. The second-order valence-electron chi connectivity index (χ2n) is 3.35. The van der Waals surface area contributed by atoms with E-state index in [0.717, 1.165) is 12.8 Å². The van der Waals surface area contributed by atoms with Crippen LogP contribution in [0.1, 0.15) is 12.0 Å². The normalized spacial score (nSPS) is 20.6. The zero-order valence-electron chi connectivity index (χ0n) is 7.40. The molecule has 1 aliphatic heterocycles. The fourth-order valence-corrected chi connectivity index (χ4v) is 1.46. The smallest absolute Gasteiger partial charge is 0.312 e. The summed E-state index contributed by atoms with van der Waals surface area (Å²) in [6.07, 6.45) is 1.89. The standard InChI is InChI=1S/C11H12O2/c12-11-10(8-13-11)7-6-9-4-2-1-3-5-9/h1-5,10H,6-8H2/t10-/m1/s1. The van der Waals surface area contributed by atoms with Crippen molar-refractivity contribution in [3.8, 4) is 0 Å². The van der Waals surface area contributed by atoms with E-state index >= 15 is 0 Å².